The zero-order chi connectivity index (χ0) is 33.0. The van der Waals surface area contributed by atoms with Gasteiger partial charge in [0.2, 0.25) is 0 Å². The van der Waals surface area contributed by atoms with Crippen LogP contribution >= 0.6 is 0 Å². The van der Waals surface area contributed by atoms with Gasteiger partial charge in [-0.3, -0.25) is 0 Å². The molecule has 0 spiro atoms. The van der Waals surface area contributed by atoms with E-state index in [2.05, 4.69) is 203 Å². The maximum Gasteiger partial charge on any atom is 0.0619 e. The fourth-order valence-electron chi connectivity index (χ4n) is 7.81. The molecule has 50 heavy (non-hydrogen) atoms. The van der Waals surface area contributed by atoms with Gasteiger partial charge in [0, 0.05) is 38.5 Å². The van der Waals surface area contributed by atoms with Crippen LogP contribution in [0.25, 0.3) is 88.4 Å². The van der Waals surface area contributed by atoms with Crippen LogP contribution in [0, 0.1) is 0 Å². The van der Waals surface area contributed by atoms with Gasteiger partial charge in [-0.2, -0.15) is 0 Å². The fraction of sp³-hybridized carbons (Fsp3) is 0. The summed E-state index contributed by atoms with van der Waals surface area (Å²) in [7, 11) is 0. The molecule has 0 N–H and O–H groups in total. The molecule has 8 aromatic carbocycles. The summed E-state index contributed by atoms with van der Waals surface area (Å²) in [6, 6.07) is 70.4. The van der Waals surface area contributed by atoms with Gasteiger partial charge in [-0.1, -0.05) is 133 Å². The number of benzene rings is 8. The lowest BCUT2D eigenvalue weighted by Gasteiger charge is -2.14. The Kier molecular flexibility index (Phi) is 6.53. The first kappa shape index (κ1) is 28.4. The predicted molar refractivity (Wildman–Crippen MR) is 211 cm³/mol. The third-order valence-electron chi connectivity index (χ3n) is 10.1. The molecule has 2 heterocycles. The molecular weight excluding hydrogens is 605 g/mol. The van der Waals surface area contributed by atoms with Crippen molar-refractivity contribution in [1.82, 2.24) is 9.13 Å². The van der Waals surface area contributed by atoms with Crippen molar-refractivity contribution in [1.29, 1.82) is 0 Å². The van der Waals surface area contributed by atoms with Crippen molar-refractivity contribution in [3.05, 3.63) is 194 Å². The molecular formula is C48H32N2. The Balaban J connectivity index is 1.15. The SMILES string of the molecule is c1ccc(-c2cc(-c3ccccc3)c3c(c2)c2ccccc2n3-c2ccc(-c3ccc4c(c3)c3ccccc3n4-c3ccccc3)cc2)cc1. The van der Waals surface area contributed by atoms with E-state index in [1.165, 1.54) is 82.7 Å². The summed E-state index contributed by atoms with van der Waals surface area (Å²) in [5.74, 6) is 0. The molecule has 0 aliphatic rings. The van der Waals surface area contributed by atoms with Crippen LogP contribution in [0.3, 0.4) is 0 Å². The topological polar surface area (TPSA) is 9.86 Å². The zero-order valence-electron chi connectivity index (χ0n) is 27.4. The van der Waals surface area contributed by atoms with E-state index in [1.54, 1.807) is 0 Å². The molecule has 0 unspecified atom stereocenters. The molecule has 0 aliphatic heterocycles. The van der Waals surface area contributed by atoms with Crippen molar-refractivity contribution in [3.8, 4) is 44.8 Å². The minimum Gasteiger partial charge on any atom is -0.309 e. The van der Waals surface area contributed by atoms with E-state index < -0.39 is 0 Å². The Morgan fingerprint density at radius 3 is 1.44 bits per heavy atom. The average Bonchev–Trinajstić information content (AvgIpc) is 3.71. The van der Waals surface area contributed by atoms with Gasteiger partial charge in [-0.05, 0) is 88.5 Å². The quantitative estimate of drug-likeness (QED) is 0.178. The van der Waals surface area contributed by atoms with Gasteiger partial charge in [0.25, 0.3) is 0 Å². The van der Waals surface area contributed by atoms with Crippen molar-refractivity contribution >= 4 is 43.6 Å². The minimum absolute atomic E-state index is 1.14. The van der Waals surface area contributed by atoms with Crippen LogP contribution < -0.4 is 0 Å². The summed E-state index contributed by atoms with van der Waals surface area (Å²) in [6.07, 6.45) is 0. The van der Waals surface area contributed by atoms with Gasteiger partial charge in [0.15, 0.2) is 0 Å². The molecule has 2 aromatic heterocycles. The number of aromatic nitrogens is 2. The van der Waals surface area contributed by atoms with Crippen LogP contribution in [0.4, 0.5) is 0 Å². The minimum atomic E-state index is 1.14. The van der Waals surface area contributed by atoms with Crippen LogP contribution in [0.2, 0.25) is 0 Å². The highest BCUT2D eigenvalue weighted by Crippen LogP contribution is 2.42. The summed E-state index contributed by atoms with van der Waals surface area (Å²) in [6.45, 7) is 0. The van der Waals surface area contributed by atoms with Crippen LogP contribution in [-0.2, 0) is 0 Å². The maximum absolute atomic E-state index is 2.45. The van der Waals surface area contributed by atoms with Crippen LogP contribution in [0.1, 0.15) is 0 Å². The Labute approximate surface area is 290 Å². The summed E-state index contributed by atoms with van der Waals surface area (Å²) < 4.78 is 4.82. The van der Waals surface area contributed by atoms with E-state index in [-0.39, 0.29) is 0 Å². The molecule has 0 saturated heterocycles. The summed E-state index contributed by atoms with van der Waals surface area (Å²) in [5.41, 5.74) is 14.5. The first-order valence-electron chi connectivity index (χ1n) is 17.2. The lowest BCUT2D eigenvalue weighted by atomic mass is 9.95. The Morgan fingerprint density at radius 2 is 0.740 bits per heavy atom. The van der Waals surface area contributed by atoms with Crippen LogP contribution in [0.5, 0.6) is 0 Å². The summed E-state index contributed by atoms with van der Waals surface area (Å²) in [5, 5.41) is 5.03. The largest absolute Gasteiger partial charge is 0.309 e. The standard InChI is InChI=1S/C48H32N2/c1-4-14-33(15-5-1)37-31-42(35-16-6-2-7-17-35)48-44(32-37)41-21-11-13-23-46(41)50(48)39-27-24-34(25-28-39)36-26-29-47-43(30-36)40-20-10-12-22-45(40)49(47)38-18-8-3-9-19-38/h1-32H. The van der Waals surface area contributed by atoms with E-state index in [9.17, 15) is 0 Å². The molecule has 10 rings (SSSR count). The third kappa shape index (κ3) is 4.50. The Bertz CT molecular complexity index is 2820. The summed E-state index contributed by atoms with van der Waals surface area (Å²) >= 11 is 0. The second-order valence-corrected chi connectivity index (χ2v) is 13.0. The highest BCUT2D eigenvalue weighted by molar-refractivity contribution is 6.15. The average molecular weight is 637 g/mol. The van der Waals surface area contributed by atoms with Gasteiger partial charge in [-0.15, -0.1) is 0 Å². The molecule has 10 aromatic rings. The number of fused-ring (bicyclic) bond motifs is 6. The highest BCUT2D eigenvalue weighted by atomic mass is 15.0. The van der Waals surface area contributed by atoms with Gasteiger partial charge < -0.3 is 9.13 Å². The predicted octanol–water partition coefficient (Wildman–Crippen LogP) is 12.9. The molecule has 0 fully saturated rings. The van der Waals surface area contributed by atoms with Crippen molar-refractivity contribution < 1.29 is 0 Å². The lowest BCUT2D eigenvalue weighted by molar-refractivity contribution is 1.18. The number of rotatable bonds is 5. The maximum atomic E-state index is 2.45. The van der Waals surface area contributed by atoms with Crippen molar-refractivity contribution in [2.24, 2.45) is 0 Å². The first-order chi connectivity index (χ1) is 24.8. The van der Waals surface area contributed by atoms with E-state index in [1.807, 2.05) is 0 Å². The van der Waals surface area contributed by atoms with Crippen molar-refractivity contribution in [2.45, 2.75) is 0 Å². The van der Waals surface area contributed by atoms with Crippen molar-refractivity contribution in [3.63, 3.8) is 0 Å². The molecule has 0 amide bonds. The Morgan fingerprint density at radius 1 is 0.260 bits per heavy atom. The first-order valence-corrected chi connectivity index (χ1v) is 17.2. The zero-order valence-corrected chi connectivity index (χ0v) is 27.4. The Hall–Kier alpha value is -6.64. The van der Waals surface area contributed by atoms with Gasteiger partial charge >= 0.3 is 0 Å². The molecule has 2 nitrogen and oxygen atoms in total. The molecule has 0 saturated carbocycles. The number of hydrogen-bond donors (Lipinski definition) is 0. The van der Waals surface area contributed by atoms with Gasteiger partial charge in [-0.25, -0.2) is 0 Å². The highest BCUT2D eigenvalue weighted by Gasteiger charge is 2.19. The molecule has 0 atom stereocenters. The second-order valence-electron chi connectivity index (χ2n) is 13.0. The number of hydrogen-bond acceptors (Lipinski definition) is 0. The molecule has 2 heteroatoms. The normalized spacial score (nSPS) is 11.6. The van der Waals surface area contributed by atoms with E-state index >= 15 is 0 Å². The number of para-hydroxylation sites is 3. The lowest BCUT2D eigenvalue weighted by Crippen LogP contribution is -1.96. The second kappa shape index (κ2) is 11.5. The van der Waals surface area contributed by atoms with Crippen LogP contribution in [-0.4, -0.2) is 9.13 Å². The van der Waals surface area contributed by atoms with E-state index in [0.717, 1.165) is 5.69 Å². The monoisotopic (exact) mass is 636 g/mol. The molecule has 0 bridgehead atoms. The smallest absolute Gasteiger partial charge is 0.0619 e. The molecule has 0 aliphatic carbocycles. The van der Waals surface area contributed by atoms with Crippen molar-refractivity contribution in [2.75, 3.05) is 0 Å². The molecule has 234 valence electrons. The fourth-order valence-corrected chi connectivity index (χ4v) is 7.81. The van der Waals surface area contributed by atoms with Crippen LogP contribution in [0.15, 0.2) is 194 Å². The van der Waals surface area contributed by atoms with Gasteiger partial charge in [0.05, 0.1) is 22.1 Å². The van der Waals surface area contributed by atoms with Gasteiger partial charge in [0.1, 0.15) is 0 Å². The third-order valence-corrected chi connectivity index (χ3v) is 10.1. The van der Waals surface area contributed by atoms with E-state index in [0.29, 0.717) is 0 Å². The molecule has 0 radical (unpaired) electrons. The summed E-state index contributed by atoms with van der Waals surface area (Å²) in [4.78, 5) is 0. The van der Waals surface area contributed by atoms with E-state index in [4.69, 9.17) is 0 Å². The number of nitrogens with zero attached hydrogens (tertiary/aromatic N) is 2.